The van der Waals surface area contributed by atoms with E-state index in [0.29, 0.717) is 38.5 Å². The molecule has 3 aliphatic rings. The smallest absolute Gasteiger partial charge is 0.278 e. The standard InChI is InChI=1S/C39H38N6O4/c46-36-28(30(24-14-5-1-6-15-24)32-34(40-36)42-44(38(32)48)26-18-9-3-10-19-26)22-13-23-29-31(25-16-7-2-8-17-25)33-35(41-37(29)47)43-45(39(33)49)27-20-11-4-12-21-27/h1-2,5-8,13-17,22-23,26-27,48H,3-4,9-12,18-21H2,(H,40,42,46)(H,41,43,47)/b22-13?,29-23+. The molecule has 10 nitrogen and oxygen atoms in total. The molecule has 5 aromatic rings. The normalized spacial score (nSPS) is 17.7. The zero-order valence-corrected chi connectivity index (χ0v) is 27.2. The number of rotatable bonds is 6. The van der Waals surface area contributed by atoms with Crippen LogP contribution < -0.4 is 21.8 Å². The van der Waals surface area contributed by atoms with Gasteiger partial charge in [-0.25, -0.2) is 9.69 Å². The molecular formula is C39H38N6O4. The van der Waals surface area contributed by atoms with E-state index in [9.17, 15) is 19.5 Å². The highest BCUT2D eigenvalue weighted by atomic mass is 16.3. The Morgan fingerprint density at radius 2 is 1.33 bits per heavy atom. The highest BCUT2D eigenvalue weighted by molar-refractivity contribution is 6.02. The fourth-order valence-corrected chi connectivity index (χ4v) is 7.84. The predicted octanol–water partition coefficient (Wildman–Crippen LogP) is 5.77. The Balaban J connectivity index is 1.29. The van der Waals surface area contributed by atoms with Gasteiger partial charge in [0.2, 0.25) is 5.88 Å². The van der Waals surface area contributed by atoms with Gasteiger partial charge in [-0.05, 0) is 49.0 Å². The number of hydrogen-bond donors (Lipinski definition) is 3. The lowest BCUT2D eigenvalue weighted by atomic mass is 9.94. The maximum absolute atomic E-state index is 14.0. The summed E-state index contributed by atoms with van der Waals surface area (Å²) in [6, 6.07) is 18.9. The van der Waals surface area contributed by atoms with Crippen LogP contribution in [0.1, 0.15) is 86.2 Å². The summed E-state index contributed by atoms with van der Waals surface area (Å²) in [6.45, 7) is 0. The second-order valence-electron chi connectivity index (χ2n) is 13.3. The van der Waals surface area contributed by atoms with Crippen molar-refractivity contribution in [1.29, 1.82) is 0 Å². The van der Waals surface area contributed by atoms with Crippen molar-refractivity contribution in [3.8, 4) is 28.1 Å². The van der Waals surface area contributed by atoms with Crippen molar-refractivity contribution >= 4 is 29.1 Å². The Hall–Kier alpha value is -5.51. The molecule has 1 amide bonds. The summed E-state index contributed by atoms with van der Waals surface area (Å²) in [5.74, 6) is -0.184. The minimum atomic E-state index is -0.386. The summed E-state index contributed by atoms with van der Waals surface area (Å²) in [7, 11) is 0. The molecule has 1 aliphatic heterocycles. The van der Waals surface area contributed by atoms with E-state index in [-0.39, 0.29) is 40.5 Å². The van der Waals surface area contributed by atoms with Crippen LogP contribution in [0.15, 0.2) is 81.4 Å². The van der Waals surface area contributed by atoms with Crippen LogP contribution in [0.2, 0.25) is 0 Å². The molecule has 4 heterocycles. The number of nitrogens with one attached hydrogen (secondary N) is 2. The van der Waals surface area contributed by atoms with Crippen molar-refractivity contribution in [1.82, 2.24) is 24.8 Å². The lowest BCUT2D eigenvalue weighted by Crippen LogP contribution is -2.38. The van der Waals surface area contributed by atoms with E-state index in [1.165, 1.54) is 0 Å². The van der Waals surface area contributed by atoms with Crippen molar-refractivity contribution in [2.45, 2.75) is 76.3 Å². The number of aromatic amines is 2. The van der Waals surface area contributed by atoms with Gasteiger partial charge in [-0.2, -0.15) is 10.2 Å². The molecule has 0 saturated heterocycles. The number of aromatic hydroxyl groups is 1. The van der Waals surface area contributed by atoms with E-state index in [0.717, 1.165) is 75.3 Å². The number of benzene rings is 2. The first-order valence-corrected chi connectivity index (χ1v) is 17.3. The molecule has 10 heteroatoms. The Morgan fingerprint density at radius 1 is 0.714 bits per heavy atom. The van der Waals surface area contributed by atoms with E-state index in [2.05, 4.69) is 20.2 Å². The maximum Gasteiger partial charge on any atom is 0.278 e. The molecule has 0 spiro atoms. The second-order valence-corrected chi connectivity index (χ2v) is 13.3. The molecule has 2 fully saturated rings. The van der Waals surface area contributed by atoms with Crippen molar-refractivity contribution < 1.29 is 9.90 Å². The third kappa shape index (κ3) is 5.50. The molecule has 2 aliphatic carbocycles. The minimum absolute atomic E-state index is 0.00466. The number of allylic oxidation sites excluding steroid dienone is 1. The summed E-state index contributed by atoms with van der Waals surface area (Å²) >= 11 is 0. The van der Waals surface area contributed by atoms with Gasteiger partial charge in [0.15, 0.2) is 11.1 Å². The van der Waals surface area contributed by atoms with Crippen molar-refractivity contribution in [3.05, 3.63) is 109 Å². The first-order chi connectivity index (χ1) is 24.0. The third-order valence-electron chi connectivity index (χ3n) is 10.2. The topological polar surface area (TPSA) is 136 Å². The molecule has 0 atom stereocenters. The average Bonchev–Trinajstić information content (AvgIpc) is 3.64. The Kier molecular flexibility index (Phi) is 8.07. The molecule has 3 aromatic heterocycles. The van der Waals surface area contributed by atoms with E-state index in [4.69, 9.17) is 0 Å². The van der Waals surface area contributed by atoms with E-state index in [1.54, 1.807) is 27.9 Å². The minimum Gasteiger partial charge on any atom is -0.493 e. The fraction of sp³-hybridized carbons (Fsp3) is 0.308. The number of carbonyl (C=O) groups excluding carboxylic acids is 1. The predicted molar refractivity (Wildman–Crippen MR) is 189 cm³/mol. The average molecular weight is 655 g/mol. The number of carbonyl (C=O) groups is 1. The van der Waals surface area contributed by atoms with Crippen LogP contribution in [0, 0.1) is 0 Å². The lowest BCUT2D eigenvalue weighted by molar-refractivity contribution is 0.0664. The third-order valence-corrected chi connectivity index (χ3v) is 10.2. The summed E-state index contributed by atoms with van der Waals surface area (Å²) < 4.78 is 1.67. The molecule has 49 heavy (non-hydrogen) atoms. The number of fused-ring (bicyclic) bond motifs is 2. The van der Waals surface area contributed by atoms with Crippen molar-refractivity contribution in [2.75, 3.05) is 0 Å². The van der Waals surface area contributed by atoms with Gasteiger partial charge in [0, 0.05) is 21.9 Å². The van der Waals surface area contributed by atoms with Crippen LogP contribution >= 0.6 is 0 Å². The van der Waals surface area contributed by atoms with E-state index < -0.39 is 0 Å². The largest absolute Gasteiger partial charge is 0.493 e. The first kappa shape index (κ1) is 30.8. The monoisotopic (exact) mass is 654 g/mol. The van der Waals surface area contributed by atoms with Crippen molar-refractivity contribution in [2.24, 2.45) is 5.10 Å². The lowest BCUT2D eigenvalue weighted by Gasteiger charge is -2.27. The molecule has 0 bridgehead atoms. The van der Waals surface area contributed by atoms with Crippen LogP contribution in [0.25, 0.3) is 45.4 Å². The summed E-state index contributed by atoms with van der Waals surface area (Å²) in [6.07, 6.45) is 15.1. The molecule has 0 radical (unpaired) electrons. The molecular weight excluding hydrogens is 616 g/mol. The second kappa shape index (κ2) is 12.8. The summed E-state index contributed by atoms with van der Waals surface area (Å²) in [5.41, 5.74) is 3.11. The fourth-order valence-electron chi connectivity index (χ4n) is 7.84. The quantitative estimate of drug-likeness (QED) is 0.214. The molecule has 8 rings (SSSR count). The van der Waals surface area contributed by atoms with Crippen LogP contribution in [-0.4, -0.2) is 41.8 Å². The zero-order chi connectivity index (χ0) is 33.5. The van der Waals surface area contributed by atoms with Gasteiger partial charge in [-0.3, -0.25) is 14.4 Å². The SMILES string of the molecule is O=C1c2c(-c3ccccc3)/c(=C\C=Cc3c(-c4ccccc4)c4c(O)n(C5CCCCC5)nc4[nH]c3=O)c(=O)[nH]c2=NN1C1CCCCC1. The highest BCUT2D eigenvalue weighted by Crippen LogP contribution is 2.39. The van der Waals surface area contributed by atoms with Crippen LogP contribution in [0.3, 0.4) is 0 Å². The number of pyridine rings is 2. The zero-order valence-electron chi connectivity index (χ0n) is 27.2. The number of nitrogens with zero attached hydrogens (tertiary/aromatic N) is 4. The number of aromatic nitrogens is 4. The van der Waals surface area contributed by atoms with Gasteiger partial charge in [0.25, 0.3) is 17.0 Å². The summed E-state index contributed by atoms with van der Waals surface area (Å²) in [4.78, 5) is 47.2. The number of hydrogen-bond acceptors (Lipinski definition) is 6. The van der Waals surface area contributed by atoms with Crippen LogP contribution in [-0.2, 0) is 0 Å². The van der Waals surface area contributed by atoms with Crippen molar-refractivity contribution in [3.63, 3.8) is 0 Å². The van der Waals surface area contributed by atoms with Crippen LogP contribution in [0.4, 0.5) is 0 Å². The first-order valence-electron chi connectivity index (χ1n) is 17.3. The highest BCUT2D eigenvalue weighted by Gasteiger charge is 2.34. The van der Waals surface area contributed by atoms with E-state index >= 15 is 0 Å². The summed E-state index contributed by atoms with van der Waals surface area (Å²) in [5, 5.41) is 23.2. The Bertz CT molecular complexity index is 2330. The van der Waals surface area contributed by atoms with E-state index in [1.807, 2.05) is 60.7 Å². The number of H-pyrrole nitrogens is 2. The molecule has 248 valence electrons. The van der Waals surface area contributed by atoms with Crippen LogP contribution in [0.5, 0.6) is 5.88 Å². The maximum atomic E-state index is 14.0. The Morgan fingerprint density at radius 3 is 1.98 bits per heavy atom. The van der Waals surface area contributed by atoms with Gasteiger partial charge >= 0.3 is 0 Å². The molecule has 2 aromatic carbocycles. The van der Waals surface area contributed by atoms with Gasteiger partial charge in [-0.15, -0.1) is 0 Å². The van der Waals surface area contributed by atoms with Gasteiger partial charge in [0.05, 0.1) is 23.0 Å². The van der Waals surface area contributed by atoms with Gasteiger partial charge in [-0.1, -0.05) is 105 Å². The molecule has 3 N–H and O–H groups in total. The Labute approximate surface area is 282 Å². The molecule has 2 saturated carbocycles. The van der Waals surface area contributed by atoms with Gasteiger partial charge in [0.1, 0.15) is 0 Å². The number of amides is 1. The van der Waals surface area contributed by atoms with Gasteiger partial charge < -0.3 is 15.1 Å². The molecule has 0 unspecified atom stereocenters.